The van der Waals surface area contributed by atoms with Crippen molar-refractivity contribution in [1.29, 1.82) is 0 Å². The molecule has 6 heteroatoms. The van der Waals surface area contributed by atoms with Crippen molar-refractivity contribution in [3.63, 3.8) is 0 Å². The summed E-state index contributed by atoms with van der Waals surface area (Å²) in [6, 6.07) is 18.1. The highest BCUT2D eigenvalue weighted by molar-refractivity contribution is 6.05. The maximum atomic E-state index is 13.9. The third kappa shape index (κ3) is 3.35. The molecule has 0 saturated heterocycles. The van der Waals surface area contributed by atoms with Crippen molar-refractivity contribution in [2.75, 3.05) is 18.0 Å². The molecule has 1 N–H and O–H groups in total. The molecule has 0 aliphatic heterocycles. The Bertz CT molecular complexity index is 1630. The van der Waals surface area contributed by atoms with Crippen LogP contribution in [-0.2, 0) is 6.42 Å². The predicted octanol–water partition coefficient (Wildman–Crippen LogP) is 5.20. The number of hydrogen-bond acceptors (Lipinski definition) is 6. The molecule has 2 heterocycles. The lowest BCUT2D eigenvalue weighted by Gasteiger charge is -2.22. The fraction of sp³-hybridized carbons (Fsp3) is 0.185. The Morgan fingerprint density at radius 1 is 0.788 bits per heavy atom. The van der Waals surface area contributed by atoms with Gasteiger partial charge in [-0.3, -0.25) is 4.79 Å². The fourth-order valence-corrected chi connectivity index (χ4v) is 4.41. The van der Waals surface area contributed by atoms with Crippen molar-refractivity contribution >= 4 is 38.6 Å². The minimum Gasteiger partial charge on any atom is -0.507 e. The van der Waals surface area contributed by atoms with Crippen LogP contribution in [0.1, 0.15) is 25.0 Å². The molecule has 5 aromatic rings. The van der Waals surface area contributed by atoms with Gasteiger partial charge in [0.05, 0.1) is 21.9 Å². The summed E-state index contributed by atoms with van der Waals surface area (Å²) in [7, 11) is 0. The van der Waals surface area contributed by atoms with E-state index in [0.717, 1.165) is 10.8 Å². The molecule has 0 fully saturated rings. The second kappa shape index (κ2) is 8.13. The van der Waals surface area contributed by atoms with E-state index < -0.39 is 5.63 Å². The lowest BCUT2D eigenvalue weighted by atomic mass is 9.99. The van der Waals surface area contributed by atoms with Gasteiger partial charge in [0.1, 0.15) is 16.9 Å². The SMILES string of the molecule is CCN(CC)c1oc2ccc3ccccc3c2c(=O)c1Cc1c(O)c2ccccc2oc1=O. The lowest BCUT2D eigenvalue weighted by Crippen LogP contribution is -2.27. The third-order valence-corrected chi connectivity index (χ3v) is 6.14. The van der Waals surface area contributed by atoms with E-state index in [9.17, 15) is 14.7 Å². The Hall–Kier alpha value is -4.06. The zero-order valence-corrected chi connectivity index (χ0v) is 18.4. The van der Waals surface area contributed by atoms with Crippen LogP contribution in [0.3, 0.4) is 0 Å². The predicted molar refractivity (Wildman–Crippen MR) is 131 cm³/mol. The van der Waals surface area contributed by atoms with Gasteiger partial charge >= 0.3 is 5.63 Å². The van der Waals surface area contributed by atoms with E-state index >= 15 is 0 Å². The summed E-state index contributed by atoms with van der Waals surface area (Å²) >= 11 is 0. The van der Waals surface area contributed by atoms with Crippen LogP contribution in [0.5, 0.6) is 5.75 Å². The summed E-state index contributed by atoms with van der Waals surface area (Å²) in [5, 5.41) is 13.5. The van der Waals surface area contributed by atoms with Gasteiger partial charge in [-0.25, -0.2) is 4.79 Å². The number of hydrogen-bond donors (Lipinski definition) is 1. The van der Waals surface area contributed by atoms with E-state index in [4.69, 9.17) is 8.83 Å². The Morgan fingerprint density at radius 3 is 2.24 bits per heavy atom. The highest BCUT2D eigenvalue weighted by Gasteiger charge is 2.23. The van der Waals surface area contributed by atoms with Gasteiger partial charge < -0.3 is 18.8 Å². The van der Waals surface area contributed by atoms with Gasteiger partial charge in [0.2, 0.25) is 5.88 Å². The molecule has 2 aromatic heterocycles. The first-order valence-electron chi connectivity index (χ1n) is 11.0. The molecule has 0 spiro atoms. The number of rotatable bonds is 5. The van der Waals surface area contributed by atoms with Crippen molar-refractivity contribution in [2.24, 2.45) is 0 Å². The van der Waals surface area contributed by atoms with Crippen LogP contribution in [0.25, 0.3) is 32.7 Å². The molecule has 0 atom stereocenters. The van der Waals surface area contributed by atoms with Crippen molar-refractivity contribution in [2.45, 2.75) is 20.3 Å². The minimum atomic E-state index is -0.672. The molecule has 3 aromatic carbocycles. The average molecular weight is 441 g/mol. The topological polar surface area (TPSA) is 83.9 Å². The van der Waals surface area contributed by atoms with E-state index in [1.807, 2.05) is 49.1 Å². The van der Waals surface area contributed by atoms with Crippen LogP contribution in [0.4, 0.5) is 5.88 Å². The van der Waals surface area contributed by atoms with Gasteiger partial charge in [-0.15, -0.1) is 0 Å². The van der Waals surface area contributed by atoms with Gasteiger partial charge in [-0.1, -0.05) is 42.5 Å². The van der Waals surface area contributed by atoms with Gasteiger partial charge in [0, 0.05) is 19.5 Å². The summed E-state index contributed by atoms with van der Waals surface area (Å²) in [6.45, 7) is 5.17. The summed E-state index contributed by atoms with van der Waals surface area (Å²) in [4.78, 5) is 28.6. The van der Waals surface area contributed by atoms with E-state index in [0.29, 0.717) is 46.5 Å². The molecule has 5 rings (SSSR count). The van der Waals surface area contributed by atoms with E-state index in [2.05, 4.69) is 0 Å². The van der Waals surface area contributed by atoms with Crippen molar-refractivity contribution < 1.29 is 13.9 Å². The van der Waals surface area contributed by atoms with Crippen molar-refractivity contribution in [1.82, 2.24) is 0 Å². The van der Waals surface area contributed by atoms with E-state index in [-0.39, 0.29) is 23.2 Å². The molecular weight excluding hydrogens is 418 g/mol. The number of fused-ring (bicyclic) bond motifs is 4. The van der Waals surface area contributed by atoms with Gasteiger partial charge in [0.15, 0.2) is 5.43 Å². The molecule has 0 unspecified atom stereocenters. The first-order valence-corrected chi connectivity index (χ1v) is 11.0. The van der Waals surface area contributed by atoms with Crippen LogP contribution in [-0.4, -0.2) is 18.2 Å². The van der Waals surface area contributed by atoms with Crippen molar-refractivity contribution in [3.8, 4) is 5.75 Å². The second-order valence-electron chi connectivity index (χ2n) is 7.94. The fourth-order valence-electron chi connectivity index (χ4n) is 4.41. The second-order valence-corrected chi connectivity index (χ2v) is 7.94. The highest BCUT2D eigenvalue weighted by Crippen LogP contribution is 2.32. The normalized spacial score (nSPS) is 11.5. The first-order chi connectivity index (χ1) is 16.0. The minimum absolute atomic E-state index is 0.0361. The van der Waals surface area contributed by atoms with Crippen LogP contribution in [0.2, 0.25) is 0 Å². The molecule has 0 amide bonds. The highest BCUT2D eigenvalue weighted by atomic mass is 16.4. The molecule has 6 nitrogen and oxygen atoms in total. The maximum absolute atomic E-state index is 13.9. The van der Waals surface area contributed by atoms with Gasteiger partial charge in [-0.05, 0) is 42.8 Å². The summed E-state index contributed by atoms with van der Waals surface area (Å²) < 4.78 is 11.7. The number of benzene rings is 3. The number of nitrogens with zero attached hydrogens (tertiary/aromatic N) is 1. The lowest BCUT2D eigenvalue weighted by molar-refractivity contribution is 0.458. The molecule has 0 saturated carbocycles. The largest absolute Gasteiger partial charge is 0.507 e. The Labute approximate surface area is 189 Å². The quantitative estimate of drug-likeness (QED) is 0.298. The Morgan fingerprint density at radius 2 is 1.48 bits per heavy atom. The summed E-state index contributed by atoms with van der Waals surface area (Å²) in [5.41, 5.74) is 0.244. The standard InChI is InChI=1S/C27H23NO5/c1-3-28(4-2)26-19(15-20-24(29)18-11-7-8-12-21(18)33-27(20)31)25(30)23-17-10-6-5-9-16(17)13-14-22(23)32-26/h5-14,29H,3-4,15H2,1-2H3. The van der Waals surface area contributed by atoms with Gasteiger partial charge in [0.25, 0.3) is 0 Å². The van der Waals surface area contributed by atoms with E-state index in [1.54, 1.807) is 30.3 Å². The van der Waals surface area contributed by atoms with Crippen LogP contribution >= 0.6 is 0 Å². The summed E-state index contributed by atoms with van der Waals surface area (Å²) in [6.07, 6.45) is -0.105. The number of para-hydroxylation sites is 1. The zero-order chi connectivity index (χ0) is 23.1. The molecular formula is C27H23NO5. The first kappa shape index (κ1) is 20.8. The zero-order valence-electron chi connectivity index (χ0n) is 18.4. The van der Waals surface area contributed by atoms with Gasteiger partial charge in [-0.2, -0.15) is 0 Å². The van der Waals surface area contributed by atoms with E-state index in [1.165, 1.54) is 0 Å². The number of anilines is 1. The Kier molecular flexibility index (Phi) is 5.13. The molecule has 33 heavy (non-hydrogen) atoms. The smallest absolute Gasteiger partial charge is 0.343 e. The molecule has 0 aliphatic rings. The molecule has 0 radical (unpaired) electrons. The molecule has 0 aliphatic carbocycles. The molecule has 0 bridgehead atoms. The summed E-state index contributed by atoms with van der Waals surface area (Å²) in [5.74, 6) is 0.226. The average Bonchev–Trinajstić information content (AvgIpc) is 2.83. The molecule has 166 valence electrons. The Balaban J connectivity index is 1.83. The van der Waals surface area contributed by atoms with Crippen LogP contribution in [0.15, 0.2) is 79.1 Å². The van der Waals surface area contributed by atoms with Crippen molar-refractivity contribution in [3.05, 3.63) is 92.4 Å². The third-order valence-electron chi connectivity index (χ3n) is 6.14. The van der Waals surface area contributed by atoms with Crippen LogP contribution in [0, 0.1) is 0 Å². The van der Waals surface area contributed by atoms with Crippen LogP contribution < -0.4 is 16.0 Å². The maximum Gasteiger partial charge on any atom is 0.343 e. The monoisotopic (exact) mass is 441 g/mol. The number of aromatic hydroxyl groups is 1.